The summed E-state index contributed by atoms with van der Waals surface area (Å²) in [4.78, 5) is 35.5. The molecule has 0 saturated carbocycles. The van der Waals surface area contributed by atoms with Crippen LogP contribution < -0.4 is 0 Å². The van der Waals surface area contributed by atoms with Crippen LogP contribution in [0.4, 0.5) is 0 Å². The zero-order valence-corrected chi connectivity index (χ0v) is 47.0. The van der Waals surface area contributed by atoms with Crippen molar-refractivity contribution in [1.29, 1.82) is 0 Å². The molecule has 71 heavy (non-hydrogen) atoms. The van der Waals surface area contributed by atoms with Gasteiger partial charge >= 0.3 is 19.8 Å². The molecule has 11 nitrogen and oxygen atoms in total. The smallest absolute Gasteiger partial charge is 0.462 e. The average molecular weight is 1030 g/mol. The van der Waals surface area contributed by atoms with Gasteiger partial charge in [0, 0.05) is 12.8 Å². The van der Waals surface area contributed by atoms with Gasteiger partial charge in [0.25, 0.3) is 0 Å². The van der Waals surface area contributed by atoms with Gasteiger partial charge in [-0.1, -0.05) is 244 Å². The minimum atomic E-state index is -4.74. The summed E-state index contributed by atoms with van der Waals surface area (Å²) in [5.74, 6) is -0.959. The molecule has 0 spiro atoms. The Kier molecular flexibility index (Phi) is 53.4. The summed E-state index contributed by atoms with van der Waals surface area (Å²) in [6.07, 6.45) is 57.8. The van der Waals surface area contributed by atoms with Gasteiger partial charge in [-0.25, -0.2) is 4.57 Å². The number of carbonyl (C=O) groups is 2. The van der Waals surface area contributed by atoms with E-state index < -0.39 is 57.9 Å². The quantitative estimate of drug-likeness (QED) is 0.0198. The van der Waals surface area contributed by atoms with Crippen LogP contribution in [0, 0.1) is 0 Å². The summed E-state index contributed by atoms with van der Waals surface area (Å²) in [5, 5.41) is 28.3. The number of carbonyl (C=O) groups excluding carboxylic acids is 2. The molecular formula is C59H113O11P. The lowest BCUT2D eigenvalue weighted by Crippen LogP contribution is -2.33. The molecule has 0 aromatic heterocycles. The van der Waals surface area contributed by atoms with Crippen molar-refractivity contribution in [1.82, 2.24) is 0 Å². The molecule has 0 aliphatic rings. The Morgan fingerprint density at radius 1 is 0.408 bits per heavy atom. The van der Waals surface area contributed by atoms with Gasteiger partial charge in [0.05, 0.1) is 19.8 Å². The number of rotatable bonds is 57. The van der Waals surface area contributed by atoms with Crippen molar-refractivity contribution in [2.75, 3.05) is 26.4 Å². The van der Waals surface area contributed by atoms with Crippen molar-refractivity contribution in [3.05, 3.63) is 24.3 Å². The molecule has 0 bridgehead atoms. The van der Waals surface area contributed by atoms with Crippen LogP contribution in [0.25, 0.3) is 0 Å². The van der Waals surface area contributed by atoms with Crippen molar-refractivity contribution < 1.29 is 52.9 Å². The number of hydrogen-bond acceptors (Lipinski definition) is 10. The number of esters is 2. The van der Waals surface area contributed by atoms with E-state index in [4.69, 9.17) is 23.6 Å². The van der Waals surface area contributed by atoms with Gasteiger partial charge in [0.15, 0.2) is 6.10 Å². The molecule has 12 heteroatoms. The molecule has 0 aromatic carbocycles. The van der Waals surface area contributed by atoms with Crippen LogP contribution in [0.3, 0.4) is 0 Å². The topological polar surface area (TPSA) is 169 Å². The fourth-order valence-corrected chi connectivity index (χ4v) is 9.52. The van der Waals surface area contributed by atoms with Gasteiger partial charge in [0.1, 0.15) is 18.8 Å². The summed E-state index contributed by atoms with van der Waals surface area (Å²) >= 11 is 0. The van der Waals surface area contributed by atoms with Crippen LogP contribution in [-0.4, -0.2) is 76.9 Å². The maximum Gasteiger partial charge on any atom is 0.472 e. The number of ether oxygens (including phenoxy) is 2. The Morgan fingerprint density at radius 2 is 0.704 bits per heavy atom. The van der Waals surface area contributed by atoms with Crippen molar-refractivity contribution in [3.8, 4) is 0 Å². The second kappa shape index (κ2) is 54.7. The Bertz CT molecular complexity index is 1250. The van der Waals surface area contributed by atoms with E-state index >= 15 is 0 Å². The lowest BCUT2D eigenvalue weighted by Gasteiger charge is -2.21. The molecule has 0 saturated heterocycles. The lowest BCUT2D eigenvalue weighted by atomic mass is 10.0. The molecule has 4 N–H and O–H groups in total. The number of aliphatic hydroxyl groups is 3. The van der Waals surface area contributed by atoms with E-state index in [1.165, 1.54) is 218 Å². The first-order valence-corrected chi connectivity index (χ1v) is 31.4. The summed E-state index contributed by atoms with van der Waals surface area (Å²) in [7, 11) is -4.74. The van der Waals surface area contributed by atoms with E-state index in [9.17, 15) is 29.3 Å². The molecule has 0 rings (SSSR count). The van der Waals surface area contributed by atoms with E-state index in [1.54, 1.807) is 0 Å². The summed E-state index contributed by atoms with van der Waals surface area (Å²) in [6, 6.07) is 0. The third kappa shape index (κ3) is 53.1. The maximum absolute atomic E-state index is 12.8. The average Bonchev–Trinajstić information content (AvgIpc) is 3.36. The highest BCUT2D eigenvalue weighted by molar-refractivity contribution is 7.47. The fraction of sp³-hybridized carbons (Fsp3) is 0.898. The van der Waals surface area contributed by atoms with E-state index in [0.29, 0.717) is 12.8 Å². The predicted molar refractivity (Wildman–Crippen MR) is 294 cm³/mol. The first kappa shape index (κ1) is 69.4. The molecule has 0 aromatic rings. The maximum atomic E-state index is 12.8. The minimum Gasteiger partial charge on any atom is -0.462 e. The standard InChI is InChI=1S/C59H113O11P/c1-3-5-7-9-11-13-15-17-19-21-23-25-27-29-31-33-35-37-39-41-43-45-47-49-58(63)67-52-55(53-68-71(65,66)69-54-57(62)56(61)51-60)70-59(64)50-48-46-44-42-40-38-36-34-32-30-28-26-24-22-20-18-16-14-12-10-8-6-4-2/h19-22,55-57,60-62H,3-18,23-54H2,1-2H3,(H,65,66)/t55-,56-,57-/m1/s1. The first-order chi connectivity index (χ1) is 34.6. The Morgan fingerprint density at radius 3 is 1.04 bits per heavy atom. The summed E-state index contributed by atoms with van der Waals surface area (Å²) < 4.78 is 33.2. The lowest BCUT2D eigenvalue weighted by molar-refractivity contribution is -0.161. The Labute approximate surface area is 436 Å². The molecule has 1 unspecified atom stereocenters. The van der Waals surface area contributed by atoms with Gasteiger partial charge in [-0.2, -0.15) is 0 Å². The monoisotopic (exact) mass is 1030 g/mol. The predicted octanol–water partition coefficient (Wildman–Crippen LogP) is 16.6. The first-order valence-electron chi connectivity index (χ1n) is 29.9. The number of allylic oxidation sites excluding steroid dienone is 4. The summed E-state index contributed by atoms with van der Waals surface area (Å²) in [5.41, 5.74) is 0. The largest absolute Gasteiger partial charge is 0.472 e. The second-order valence-electron chi connectivity index (χ2n) is 20.5. The second-order valence-corrected chi connectivity index (χ2v) is 22.0. The molecule has 4 atom stereocenters. The van der Waals surface area contributed by atoms with Crippen molar-refractivity contribution in [2.24, 2.45) is 0 Å². The SMILES string of the molecule is CCCCCCCCCC=CCCCCCCCCCCCCCCC(=O)OC[C@H](COP(=O)(O)OC[C@@H](O)[C@H](O)CO)OC(=O)CCCCCCCCCCCCCCC=CCCCCCCCCC. The van der Waals surface area contributed by atoms with Crippen molar-refractivity contribution >= 4 is 19.8 Å². The third-order valence-corrected chi connectivity index (χ3v) is 14.4. The highest BCUT2D eigenvalue weighted by atomic mass is 31.2. The van der Waals surface area contributed by atoms with E-state index in [-0.39, 0.29) is 19.4 Å². The molecule has 0 fully saturated rings. The van der Waals surface area contributed by atoms with Gasteiger partial charge < -0.3 is 29.7 Å². The highest BCUT2D eigenvalue weighted by Crippen LogP contribution is 2.43. The Hall–Kier alpha value is -1.59. The van der Waals surface area contributed by atoms with E-state index in [0.717, 1.165) is 38.5 Å². The van der Waals surface area contributed by atoms with Crippen LogP contribution in [0.1, 0.15) is 296 Å². The van der Waals surface area contributed by atoms with Crippen LogP contribution in [0.2, 0.25) is 0 Å². The molecule has 0 amide bonds. The van der Waals surface area contributed by atoms with Gasteiger partial charge in [-0.3, -0.25) is 18.6 Å². The molecular weight excluding hydrogens is 916 g/mol. The van der Waals surface area contributed by atoms with Crippen molar-refractivity contribution in [3.63, 3.8) is 0 Å². The number of aliphatic hydroxyl groups excluding tert-OH is 3. The minimum absolute atomic E-state index is 0.162. The fourth-order valence-electron chi connectivity index (χ4n) is 8.75. The molecule has 0 aliphatic carbocycles. The van der Waals surface area contributed by atoms with Crippen LogP contribution in [-0.2, 0) is 32.7 Å². The molecule has 0 radical (unpaired) electrons. The van der Waals surface area contributed by atoms with Crippen LogP contribution in [0.5, 0.6) is 0 Å². The number of phosphoric acid groups is 1. The highest BCUT2D eigenvalue weighted by Gasteiger charge is 2.28. The van der Waals surface area contributed by atoms with Gasteiger partial charge in [0.2, 0.25) is 0 Å². The van der Waals surface area contributed by atoms with Gasteiger partial charge in [-0.15, -0.1) is 0 Å². The molecule has 0 heterocycles. The van der Waals surface area contributed by atoms with E-state index in [1.807, 2.05) is 0 Å². The van der Waals surface area contributed by atoms with Crippen LogP contribution in [0.15, 0.2) is 24.3 Å². The third-order valence-electron chi connectivity index (χ3n) is 13.5. The number of hydrogen-bond donors (Lipinski definition) is 4. The number of phosphoric ester groups is 1. The summed E-state index contributed by atoms with van der Waals surface area (Å²) in [6.45, 7) is 2.08. The number of unbranched alkanes of at least 4 members (excludes halogenated alkanes) is 38. The van der Waals surface area contributed by atoms with E-state index in [2.05, 4.69) is 38.2 Å². The normalized spacial score (nSPS) is 14.1. The zero-order valence-electron chi connectivity index (χ0n) is 46.1. The molecule has 420 valence electrons. The molecule has 0 aliphatic heterocycles. The van der Waals surface area contributed by atoms with Gasteiger partial charge in [-0.05, 0) is 64.2 Å². The van der Waals surface area contributed by atoms with Crippen LogP contribution >= 0.6 is 7.82 Å². The zero-order chi connectivity index (χ0) is 52.0. The van der Waals surface area contributed by atoms with Crippen molar-refractivity contribution in [2.45, 2.75) is 315 Å². The Balaban J connectivity index is 4.18.